The minimum absolute atomic E-state index is 0.313. The lowest BCUT2D eigenvalue weighted by molar-refractivity contribution is 0.0953. The summed E-state index contributed by atoms with van der Waals surface area (Å²) in [5, 5.41) is 0. The van der Waals surface area contributed by atoms with Crippen LogP contribution < -0.4 is 11.3 Å². The van der Waals surface area contributed by atoms with Gasteiger partial charge in [0.1, 0.15) is 12.0 Å². The van der Waals surface area contributed by atoms with Gasteiger partial charge in [-0.3, -0.25) is 15.1 Å². The summed E-state index contributed by atoms with van der Waals surface area (Å²) in [6, 6.07) is 1.76. The highest BCUT2D eigenvalue weighted by molar-refractivity contribution is 5.93. The van der Waals surface area contributed by atoms with E-state index in [9.17, 15) is 4.79 Å². The molecule has 0 spiro atoms. The van der Waals surface area contributed by atoms with Crippen LogP contribution in [0.2, 0.25) is 0 Å². The predicted octanol–water partition coefficient (Wildman–Crippen LogP) is 1.90. The number of hydrogen-bond donors (Lipinski definition) is 2. The van der Waals surface area contributed by atoms with Crippen LogP contribution in [0.1, 0.15) is 49.2 Å². The summed E-state index contributed by atoms with van der Waals surface area (Å²) in [5.41, 5.74) is 3.07. The lowest BCUT2D eigenvalue weighted by Crippen LogP contribution is -2.37. The highest BCUT2D eigenvalue weighted by atomic mass is 16.3. The van der Waals surface area contributed by atoms with Crippen LogP contribution in [0, 0.1) is 5.41 Å². The molecule has 0 radical (unpaired) electrons. The van der Waals surface area contributed by atoms with Crippen molar-refractivity contribution in [1.82, 2.24) is 10.3 Å². The number of carbonyl (C=O) groups excluding carboxylic acids is 1. The first-order valence-electron chi connectivity index (χ1n) is 6.87. The molecule has 5 heteroatoms. The number of hydrazine groups is 1. The quantitative estimate of drug-likeness (QED) is 0.495. The average molecular weight is 265 g/mol. The molecule has 3 N–H and O–H groups in total. The molecule has 1 fully saturated rings. The van der Waals surface area contributed by atoms with E-state index in [0.29, 0.717) is 11.0 Å². The number of rotatable bonds is 4. The van der Waals surface area contributed by atoms with E-state index in [1.54, 1.807) is 6.07 Å². The molecule has 1 aromatic rings. The minimum atomic E-state index is -0.313. The summed E-state index contributed by atoms with van der Waals surface area (Å²) in [5.74, 6) is 5.60. The van der Waals surface area contributed by atoms with Crippen LogP contribution in [0.25, 0.3) is 0 Å². The first kappa shape index (κ1) is 14.1. The van der Waals surface area contributed by atoms with Gasteiger partial charge in [-0.25, -0.2) is 5.84 Å². The Hall–Kier alpha value is -1.33. The number of likely N-dealkylation sites (tertiary alicyclic amines) is 1. The van der Waals surface area contributed by atoms with Crippen molar-refractivity contribution in [3.05, 3.63) is 23.7 Å². The third-order valence-corrected chi connectivity index (χ3v) is 4.34. The molecule has 0 atom stereocenters. The van der Waals surface area contributed by atoms with E-state index in [1.807, 2.05) is 0 Å². The van der Waals surface area contributed by atoms with Crippen molar-refractivity contribution in [2.75, 3.05) is 13.1 Å². The fourth-order valence-electron chi connectivity index (χ4n) is 2.49. The Kier molecular flexibility index (Phi) is 4.27. The molecule has 1 aliphatic rings. The summed E-state index contributed by atoms with van der Waals surface area (Å²) in [4.78, 5) is 13.7. The highest BCUT2D eigenvalue weighted by Crippen LogP contribution is 2.34. The van der Waals surface area contributed by atoms with Gasteiger partial charge in [0.25, 0.3) is 5.91 Å². The second kappa shape index (κ2) is 5.75. The zero-order valence-electron chi connectivity index (χ0n) is 11.7. The van der Waals surface area contributed by atoms with Crippen LogP contribution in [0.5, 0.6) is 0 Å². The summed E-state index contributed by atoms with van der Waals surface area (Å²) in [6.45, 7) is 7.56. The number of piperidine rings is 1. The zero-order valence-corrected chi connectivity index (χ0v) is 11.7. The molecule has 0 saturated carbocycles. The standard InChI is InChI=1S/C14H23N3O2/c1-3-14(2)4-6-17(7-5-14)9-12-8-11(10-19-12)13(18)16-15/h8,10H,3-7,9,15H2,1-2H3,(H,16,18). The van der Waals surface area contributed by atoms with Gasteiger partial charge in [-0.15, -0.1) is 0 Å². The Balaban J connectivity index is 1.89. The summed E-state index contributed by atoms with van der Waals surface area (Å²) in [6.07, 6.45) is 5.14. The maximum absolute atomic E-state index is 11.3. The second-order valence-corrected chi connectivity index (χ2v) is 5.72. The Labute approximate surface area is 114 Å². The molecule has 1 aliphatic heterocycles. The predicted molar refractivity (Wildman–Crippen MR) is 73.3 cm³/mol. The average Bonchev–Trinajstić information content (AvgIpc) is 2.89. The normalized spacial score (nSPS) is 19.3. The molecule has 1 saturated heterocycles. The number of nitrogens with two attached hydrogens (primary N) is 1. The number of amides is 1. The molecule has 106 valence electrons. The lowest BCUT2D eigenvalue weighted by Gasteiger charge is -2.38. The third-order valence-electron chi connectivity index (χ3n) is 4.34. The number of nitrogens with zero attached hydrogens (tertiary/aromatic N) is 1. The molecule has 2 rings (SSSR count). The molecular weight excluding hydrogens is 242 g/mol. The lowest BCUT2D eigenvalue weighted by atomic mass is 9.78. The van der Waals surface area contributed by atoms with Crippen molar-refractivity contribution in [1.29, 1.82) is 0 Å². The smallest absolute Gasteiger partial charge is 0.268 e. The molecule has 5 nitrogen and oxygen atoms in total. The van der Waals surface area contributed by atoms with E-state index in [1.165, 1.54) is 25.5 Å². The van der Waals surface area contributed by atoms with Crippen molar-refractivity contribution in [2.45, 2.75) is 39.7 Å². The summed E-state index contributed by atoms with van der Waals surface area (Å²) >= 11 is 0. The van der Waals surface area contributed by atoms with E-state index in [4.69, 9.17) is 10.3 Å². The number of carbonyl (C=O) groups is 1. The van der Waals surface area contributed by atoms with Gasteiger partial charge in [0, 0.05) is 0 Å². The number of furan rings is 1. The van der Waals surface area contributed by atoms with E-state index in [-0.39, 0.29) is 5.91 Å². The van der Waals surface area contributed by atoms with Crippen molar-refractivity contribution in [3.8, 4) is 0 Å². The first-order valence-corrected chi connectivity index (χ1v) is 6.87. The van der Waals surface area contributed by atoms with Crippen LogP contribution in [-0.4, -0.2) is 23.9 Å². The fraction of sp³-hybridized carbons (Fsp3) is 0.643. The second-order valence-electron chi connectivity index (χ2n) is 5.72. The summed E-state index contributed by atoms with van der Waals surface area (Å²) in [7, 11) is 0. The molecule has 0 unspecified atom stereocenters. The van der Waals surface area contributed by atoms with E-state index in [2.05, 4.69) is 24.2 Å². The van der Waals surface area contributed by atoms with Gasteiger partial charge in [0.15, 0.2) is 0 Å². The van der Waals surface area contributed by atoms with Gasteiger partial charge in [-0.1, -0.05) is 20.3 Å². The molecule has 0 bridgehead atoms. The van der Waals surface area contributed by atoms with Crippen molar-refractivity contribution in [3.63, 3.8) is 0 Å². The number of nitrogens with one attached hydrogen (secondary N) is 1. The highest BCUT2D eigenvalue weighted by Gasteiger charge is 2.28. The number of nitrogen functional groups attached to an aromatic ring is 1. The van der Waals surface area contributed by atoms with Crippen molar-refractivity contribution < 1.29 is 9.21 Å². The first-order chi connectivity index (χ1) is 9.06. The molecule has 1 amide bonds. The molecule has 0 aliphatic carbocycles. The van der Waals surface area contributed by atoms with E-state index >= 15 is 0 Å². The zero-order chi connectivity index (χ0) is 13.9. The van der Waals surface area contributed by atoms with Crippen molar-refractivity contribution >= 4 is 5.91 Å². The van der Waals surface area contributed by atoms with Crippen LogP contribution in [0.4, 0.5) is 0 Å². The van der Waals surface area contributed by atoms with Crippen LogP contribution >= 0.6 is 0 Å². The Morgan fingerprint density at radius 3 is 2.79 bits per heavy atom. The molecule has 0 aromatic carbocycles. The summed E-state index contributed by atoms with van der Waals surface area (Å²) < 4.78 is 5.41. The molecule has 1 aromatic heterocycles. The SMILES string of the molecule is CCC1(C)CCN(Cc2cc(C(=O)NN)co2)CC1. The largest absolute Gasteiger partial charge is 0.467 e. The van der Waals surface area contributed by atoms with E-state index < -0.39 is 0 Å². The molecule has 19 heavy (non-hydrogen) atoms. The molecular formula is C14H23N3O2. The monoisotopic (exact) mass is 265 g/mol. The van der Waals surface area contributed by atoms with Crippen molar-refractivity contribution in [2.24, 2.45) is 11.3 Å². The topological polar surface area (TPSA) is 71.5 Å². The van der Waals surface area contributed by atoms with Crippen LogP contribution in [0.3, 0.4) is 0 Å². The van der Waals surface area contributed by atoms with E-state index in [0.717, 1.165) is 25.4 Å². The van der Waals surface area contributed by atoms with Crippen LogP contribution in [-0.2, 0) is 6.54 Å². The van der Waals surface area contributed by atoms with Crippen LogP contribution in [0.15, 0.2) is 16.7 Å². The van der Waals surface area contributed by atoms with Gasteiger partial charge < -0.3 is 4.42 Å². The Morgan fingerprint density at radius 2 is 2.21 bits per heavy atom. The maximum Gasteiger partial charge on any atom is 0.268 e. The van der Waals surface area contributed by atoms with Gasteiger partial charge in [0.2, 0.25) is 0 Å². The Bertz CT molecular complexity index is 434. The minimum Gasteiger partial charge on any atom is -0.467 e. The third kappa shape index (κ3) is 3.36. The molecule has 2 heterocycles. The fourth-order valence-corrected chi connectivity index (χ4v) is 2.49. The maximum atomic E-state index is 11.3. The van der Waals surface area contributed by atoms with Gasteiger partial charge in [0.05, 0.1) is 12.1 Å². The number of hydrogen-bond acceptors (Lipinski definition) is 4. The Morgan fingerprint density at radius 1 is 1.53 bits per heavy atom. The van der Waals surface area contributed by atoms with Gasteiger partial charge in [-0.05, 0) is 37.4 Å². The van der Waals surface area contributed by atoms with Gasteiger partial charge >= 0.3 is 0 Å². The van der Waals surface area contributed by atoms with Gasteiger partial charge in [-0.2, -0.15) is 0 Å².